The van der Waals surface area contributed by atoms with Gasteiger partial charge in [-0.15, -0.1) is 24.8 Å². The van der Waals surface area contributed by atoms with Gasteiger partial charge in [-0.3, -0.25) is 19.2 Å². The quantitative estimate of drug-likeness (QED) is 0.321. The maximum atomic E-state index is 12.5. The highest BCUT2D eigenvalue weighted by Crippen LogP contribution is 2.35. The number of hydrogen-bond acceptors (Lipinski definition) is 6. The van der Waals surface area contributed by atoms with E-state index in [1.807, 2.05) is 17.6 Å². The maximum Gasteiger partial charge on any atom is 0.273 e. The SMILES string of the molecule is Cc1ccc2c(N3CCN(CCCc4cccc5c4OCc4c(C(=O)N(C)C)ncn4-5)CC3)cccc2n1.Cl.Cl. The zero-order valence-corrected chi connectivity index (χ0v) is 24.8. The first kappa shape index (κ1) is 29.6. The molecule has 0 aliphatic carbocycles. The average molecular weight is 584 g/mol. The van der Waals surface area contributed by atoms with Crippen LogP contribution in [0.3, 0.4) is 0 Å². The van der Waals surface area contributed by atoms with Gasteiger partial charge in [0.05, 0.1) is 16.9 Å². The number of halogens is 2. The molecule has 10 heteroatoms. The minimum Gasteiger partial charge on any atom is -0.485 e. The monoisotopic (exact) mass is 582 g/mol. The largest absolute Gasteiger partial charge is 0.485 e. The Balaban J connectivity index is 0.00000185. The third-order valence-electron chi connectivity index (χ3n) is 7.65. The molecule has 1 saturated heterocycles. The van der Waals surface area contributed by atoms with Crippen molar-refractivity contribution in [1.82, 2.24) is 24.3 Å². The van der Waals surface area contributed by atoms with Gasteiger partial charge in [0.25, 0.3) is 5.91 Å². The van der Waals surface area contributed by atoms with Gasteiger partial charge in [0.2, 0.25) is 0 Å². The van der Waals surface area contributed by atoms with Crippen LogP contribution in [0.4, 0.5) is 5.69 Å². The number of hydrogen-bond donors (Lipinski definition) is 0. The lowest BCUT2D eigenvalue weighted by Crippen LogP contribution is -2.46. The Bertz CT molecular complexity index is 1500. The van der Waals surface area contributed by atoms with Crippen LogP contribution in [0.25, 0.3) is 16.6 Å². The molecule has 0 unspecified atom stereocenters. The summed E-state index contributed by atoms with van der Waals surface area (Å²) >= 11 is 0. The molecule has 4 aromatic rings. The molecule has 1 amide bonds. The smallest absolute Gasteiger partial charge is 0.273 e. The summed E-state index contributed by atoms with van der Waals surface area (Å²) in [6.07, 6.45) is 3.76. The van der Waals surface area contributed by atoms with E-state index in [9.17, 15) is 4.79 Å². The van der Waals surface area contributed by atoms with Crippen LogP contribution in [0.1, 0.15) is 33.9 Å². The van der Waals surface area contributed by atoms with Crippen molar-refractivity contribution in [1.29, 1.82) is 0 Å². The zero-order chi connectivity index (χ0) is 26.2. The van der Waals surface area contributed by atoms with Gasteiger partial charge in [0.1, 0.15) is 18.7 Å². The van der Waals surface area contributed by atoms with E-state index >= 15 is 0 Å². The number of fused-ring (bicyclic) bond motifs is 4. The van der Waals surface area contributed by atoms with Crippen LogP contribution in [-0.4, -0.2) is 77.1 Å². The Morgan fingerprint density at radius 2 is 1.73 bits per heavy atom. The first-order valence-corrected chi connectivity index (χ1v) is 13.4. The van der Waals surface area contributed by atoms with Crippen LogP contribution in [0.15, 0.2) is 54.9 Å². The van der Waals surface area contributed by atoms with Crippen molar-refractivity contribution >= 4 is 47.3 Å². The molecule has 0 saturated carbocycles. The summed E-state index contributed by atoms with van der Waals surface area (Å²) in [5.74, 6) is 0.806. The Labute approximate surface area is 247 Å². The molecule has 6 rings (SSSR count). The minimum atomic E-state index is -0.103. The number of piperazine rings is 1. The molecule has 212 valence electrons. The Morgan fingerprint density at radius 1 is 0.975 bits per heavy atom. The van der Waals surface area contributed by atoms with Crippen LogP contribution >= 0.6 is 24.8 Å². The maximum absolute atomic E-state index is 12.5. The summed E-state index contributed by atoms with van der Waals surface area (Å²) in [6.45, 7) is 7.61. The Hall–Kier alpha value is -3.33. The number of anilines is 1. The number of imidazole rings is 1. The van der Waals surface area contributed by atoms with Gasteiger partial charge in [0.15, 0.2) is 5.69 Å². The van der Waals surface area contributed by atoms with E-state index in [-0.39, 0.29) is 30.7 Å². The van der Waals surface area contributed by atoms with Gasteiger partial charge in [-0.25, -0.2) is 4.98 Å². The number of ether oxygens (including phenoxy) is 1. The normalized spacial score (nSPS) is 14.4. The molecule has 8 nitrogen and oxygen atoms in total. The molecule has 0 atom stereocenters. The number of aryl methyl sites for hydroxylation is 2. The van der Waals surface area contributed by atoms with Gasteiger partial charge in [0, 0.05) is 57.0 Å². The van der Waals surface area contributed by atoms with Crippen molar-refractivity contribution in [2.24, 2.45) is 0 Å². The molecule has 1 fully saturated rings. The van der Waals surface area contributed by atoms with E-state index in [1.165, 1.54) is 16.6 Å². The molecule has 4 heterocycles. The standard InChI is InChI=1S/C30H34N6O2.2ClH/c1-21-12-13-23-24(32-21)9-5-10-25(23)35-17-15-34(16-18-35)14-6-8-22-7-4-11-26-29(22)38-19-27-28(30(37)33(2)3)31-20-36(26)27;;/h4-5,7,9-13,20H,6,8,14-19H2,1-3H3;2*1H. The number of aromatic nitrogens is 3. The van der Waals surface area contributed by atoms with Gasteiger partial charge < -0.3 is 14.5 Å². The predicted molar refractivity (Wildman–Crippen MR) is 164 cm³/mol. The van der Waals surface area contributed by atoms with Crippen LogP contribution in [-0.2, 0) is 13.0 Å². The van der Waals surface area contributed by atoms with Crippen LogP contribution in [0.5, 0.6) is 5.75 Å². The summed E-state index contributed by atoms with van der Waals surface area (Å²) < 4.78 is 8.20. The highest BCUT2D eigenvalue weighted by Gasteiger charge is 2.27. The zero-order valence-electron chi connectivity index (χ0n) is 23.2. The number of para-hydroxylation sites is 1. The molecule has 2 aromatic carbocycles. The summed E-state index contributed by atoms with van der Waals surface area (Å²) in [7, 11) is 3.48. The fourth-order valence-electron chi connectivity index (χ4n) is 5.60. The molecule has 0 spiro atoms. The molecular formula is C30H36Cl2N6O2. The lowest BCUT2D eigenvalue weighted by molar-refractivity contribution is 0.0819. The predicted octanol–water partition coefficient (Wildman–Crippen LogP) is 4.92. The molecular weight excluding hydrogens is 547 g/mol. The fraction of sp³-hybridized carbons (Fsp3) is 0.367. The molecule has 0 bridgehead atoms. The number of rotatable bonds is 6. The van der Waals surface area contributed by atoms with Crippen molar-refractivity contribution in [3.05, 3.63) is 77.5 Å². The second kappa shape index (κ2) is 12.5. The summed E-state index contributed by atoms with van der Waals surface area (Å²) in [4.78, 5) is 28.2. The summed E-state index contributed by atoms with van der Waals surface area (Å²) in [5, 5.41) is 1.24. The molecule has 0 N–H and O–H groups in total. The van der Waals surface area contributed by atoms with E-state index in [1.54, 1.807) is 25.3 Å². The Kier molecular flexibility index (Phi) is 9.23. The van der Waals surface area contributed by atoms with Crippen LogP contribution in [0.2, 0.25) is 0 Å². The number of carbonyl (C=O) groups excluding carboxylic acids is 1. The highest BCUT2D eigenvalue weighted by molar-refractivity contribution is 5.93. The van der Waals surface area contributed by atoms with Gasteiger partial charge in [-0.1, -0.05) is 18.2 Å². The van der Waals surface area contributed by atoms with Crippen molar-refractivity contribution in [3.8, 4) is 11.4 Å². The molecule has 2 aliphatic heterocycles. The van der Waals surface area contributed by atoms with Crippen molar-refractivity contribution < 1.29 is 9.53 Å². The third-order valence-corrected chi connectivity index (χ3v) is 7.65. The second-order valence-corrected chi connectivity index (χ2v) is 10.4. The van der Waals surface area contributed by atoms with Gasteiger partial charge in [-0.05, 0) is 62.2 Å². The van der Waals surface area contributed by atoms with E-state index in [2.05, 4.69) is 57.2 Å². The lowest BCUT2D eigenvalue weighted by Gasteiger charge is -2.36. The summed E-state index contributed by atoms with van der Waals surface area (Å²) in [5.41, 5.74) is 6.85. The molecule has 2 aliphatic rings. The fourth-order valence-corrected chi connectivity index (χ4v) is 5.60. The Morgan fingerprint density at radius 3 is 2.50 bits per heavy atom. The first-order valence-electron chi connectivity index (χ1n) is 13.4. The van der Waals surface area contributed by atoms with E-state index in [0.717, 1.165) is 73.9 Å². The molecule has 40 heavy (non-hydrogen) atoms. The lowest BCUT2D eigenvalue weighted by atomic mass is 10.1. The number of carbonyl (C=O) groups is 1. The molecule has 0 radical (unpaired) electrons. The van der Waals surface area contributed by atoms with Crippen molar-refractivity contribution in [3.63, 3.8) is 0 Å². The third kappa shape index (κ3) is 5.61. The van der Waals surface area contributed by atoms with Gasteiger partial charge in [-0.2, -0.15) is 0 Å². The van der Waals surface area contributed by atoms with Crippen LogP contribution < -0.4 is 9.64 Å². The number of amides is 1. The average Bonchev–Trinajstić information content (AvgIpc) is 3.37. The van der Waals surface area contributed by atoms with Crippen molar-refractivity contribution in [2.45, 2.75) is 26.4 Å². The minimum absolute atomic E-state index is 0. The number of pyridine rings is 1. The van der Waals surface area contributed by atoms with Crippen molar-refractivity contribution in [2.75, 3.05) is 51.7 Å². The topological polar surface area (TPSA) is 66.7 Å². The first-order chi connectivity index (χ1) is 18.5. The number of nitrogens with zero attached hydrogens (tertiary/aromatic N) is 6. The van der Waals surface area contributed by atoms with Gasteiger partial charge >= 0.3 is 0 Å². The van der Waals surface area contributed by atoms with E-state index < -0.39 is 0 Å². The van der Waals surface area contributed by atoms with E-state index in [0.29, 0.717) is 12.3 Å². The summed E-state index contributed by atoms with van der Waals surface area (Å²) in [6, 6.07) is 17.0. The highest BCUT2D eigenvalue weighted by atomic mass is 35.5. The second-order valence-electron chi connectivity index (χ2n) is 10.4. The van der Waals surface area contributed by atoms with E-state index in [4.69, 9.17) is 9.72 Å². The number of benzene rings is 2. The molecule has 2 aromatic heterocycles. The van der Waals surface area contributed by atoms with Crippen LogP contribution in [0, 0.1) is 6.92 Å².